The molecule has 138 valence electrons. The number of ketones is 1. The van der Waals surface area contributed by atoms with Gasteiger partial charge in [0.1, 0.15) is 28.4 Å². The summed E-state index contributed by atoms with van der Waals surface area (Å²) in [5.41, 5.74) is 1.70. The van der Waals surface area contributed by atoms with Crippen LogP contribution >= 0.6 is 0 Å². The molecule has 1 aromatic carbocycles. The zero-order valence-electron chi connectivity index (χ0n) is 16.0. The van der Waals surface area contributed by atoms with Crippen molar-refractivity contribution >= 4 is 5.78 Å². The van der Waals surface area contributed by atoms with Crippen molar-refractivity contribution in [3.8, 4) is 17.2 Å². The van der Waals surface area contributed by atoms with Gasteiger partial charge in [-0.1, -0.05) is 25.5 Å². The van der Waals surface area contributed by atoms with Crippen LogP contribution in [-0.4, -0.2) is 21.6 Å². The van der Waals surface area contributed by atoms with Gasteiger partial charge < -0.3 is 14.9 Å². The van der Waals surface area contributed by atoms with Gasteiger partial charge in [0.2, 0.25) is 0 Å². The number of hydrogen-bond acceptors (Lipinski definition) is 4. The van der Waals surface area contributed by atoms with Gasteiger partial charge in [0.05, 0.1) is 0 Å². The molecule has 0 amide bonds. The monoisotopic (exact) mass is 346 g/mol. The Morgan fingerprint density at radius 3 is 2.64 bits per heavy atom. The molecule has 1 aliphatic rings. The Kier molecular flexibility index (Phi) is 5.81. The van der Waals surface area contributed by atoms with Crippen LogP contribution in [0.2, 0.25) is 0 Å². The molecule has 25 heavy (non-hydrogen) atoms. The molecule has 2 atom stereocenters. The predicted octanol–water partition coefficient (Wildman–Crippen LogP) is 5.16. The molecule has 0 saturated carbocycles. The van der Waals surface area contributed by atoms with Crippen molar-refractivity contribution in [2.75, 3.05) is 0 Å². The zero-order valence-corrected chi connectivity index (χ0v) is 16.0. The number of fused-ring (bicyclic) bond motifs is 1. The summed E-state index contributed by atoms with van der Waals surface area (Å²) in [6.45, 7) is 9.96. The van der Waals surface area contributed by atoms with Gasteiger partial charge in [0, 0.05) is 17.5 Å². The average molecular weight is 346 g/mol. The van der Waals surface area contributed by atoms with Crippen molar-refractivity contribution in [2.45, 2.75) is 72.3 Å². The van der Waals surface area contributed by atoms with E-state index in [0.29, 0.717) is 24.2 Å². The molecule has 2 rings (SSSR count). The average Bonchev–Trinajstić information content (AvgIpc) is 2.52. The summed E-state index contributed by atoms with van der Waals surface area (Å²) in [5.74, 6) is -0.171. The van der Waals surface area contributed by atoms with Gasteiger partial charge in [-0.05, 0) is 52.9 Å². The van der Waals surface area contributed by atoms with Crippen LogP contribution in [0.3, 0.4) is 0 Å². The quantitative estimate of drug-likeness (QED) is 0.552. The standard InChI is InChI=1S/C21H30O4/c1-6-14(4)19(24)18-17(23)12-16(22)15-9-11-21(5,25-20(15)18)10-7-8-13(2)3/h8,12,14,22-23H,6-7,9-11H2,1-5H3. The lowest BCUT2D eigenvalue weighted by atomic mass is 9.85. The number of Topliss-reactive ketones (excluding diaryl/α,β-unsaturated/α-hetero) is 1. The fourth-order valence-corrected chi connectivity index (χ4v) is 3.23. The van der Waals surface area contributed by atoms with E-state index in [1.54, 1.807) is 0 Å². The van der Waals surface area contributed by atoms with E-state index in [9.17, 15) is 15.0 Å². The van der Waals surface area contributed by atoms with E-state index >= 15 is 0 Å². The summed E-state index contributed by atoms with van der Waals surface area (Å²) in [4.78, 5) is 12.8. The van der Waals surface area contributed by atoms with E-state index in [1.807, 2.05) is 20.8 Å². The van der Waals surface area contributed by atoms with E-state index in [1.165, 1.54) is 11.6 Å². The molecule has 0 aliphatic carbocycles. The number of carbonyl (C=O) groups excluding carboxylic acids is 1. The summed E-state index contributed by atoms with van der Waals surface area (Å²) in [6.07, 6.45) is 5.99. The first-order valence-corrected chi connectivity index (χ1v) is 9.13. The second kappa shape index (κ2) is 7.51. The summed E-state index contributed by atoms with van der Waals surface area (Å²) >= 11 is 0. The van der Waals surface area contributed by atoms with E-state index in [-0.39, 0.29) is 28.8 Å². The second-order valence-corrected chi connectivity index (χ2v) is 7.64. The van der Waals surface area contributed by atoms with Gasteiger partial charge >= 0.3 is 0 Å². The normalized spacial score (nSPS) is 20.4. The third-order valence-electron chi connectivity index (χ3n) is 5.12. The van der Waals surface area contributed by atoms with E-state index in [2.05, 4.69) is 19.9 Å². The molecule has 1 heterocycles. The van der Waals surface area contributed by atoms with Crippen LogP contribution < -0.4 is 4.74 Å². The smallest absolute Gasteiger partial charge is 0.173 e. The minimum Gasteiger partial charge on any atom is -0.507 e. The number of ether oxygens (including phenoxy) is 1. The van der Waals surface area contributed by atoms with Gasteiger partial charge in [0.25, 0.3) is 0 Å². The third kappa shape index (κ3) is 4.17. The van der Waals surface area contributed by atoms with Crippen LogP contribution in [0, 0.1) is 5.92 Å². The number of hydrogen-bond donors (Lipinski definition) is 2. The molecule has 0 aromatic heterocycles. The number of benzene rings is 1. The van der Waals surface area contributed by atoms with Crippen LogP contribution in [0.5, 0.6) is 17.2 Å². The Balaban J connectivity index is 2.41. The minimum absolute atomic E-state index is 0.000417. The van der Waals surface area contributed by atoms with E-state index in [4.69, 9.17) is 4.74 Å². The Morgan fingerprint density at radius 1 is 1.36 bits per heavy atom. The Hall–Kier alpha value is -1.97. The minimum atomic E-state index is -0.413. The van der Waals surface area contributed by atoms with Gasteiger partial charge in [-0.2, -0.15) is 0 Å². The SMILES string of the molecule is CCC(C)C(=O)c1c(O)cc(O)c2c1OC(C)(CCC=C(C)C)CC2. The Bertz CT molecular complexity index is 686. The molecule has 1 aromatic rings. The maximum Gasteiger partial charge on any atom is 0.173 e. The second-order valence-electron chi connectivity index (χ2n) is 7.64. The van der Waals surface area contributed by atoms with E-state index < -0.39 is 5.60 Å². The number of phenolic OH excluding ortho intramolecular Hbond substituents is 2. The first kappa shape index (κ1) is 19.4. The lowest BCUT2D eigenvalue weighted by molar-refractivity contribution is 0.0539. The van der Waals surface area contributed by atoms with Crippen molar-refractivity contribution in [3.05, 3.63) is 28.8 Å². The Morgan fingerprint density at radius 2 is 2.04 bits per heavy atom. The fourth-order valence-electron chi connectivity index (χ4n) is 3.23. The molecule has 0 saturated heterocycles. The lowest BCUT2D eigenvalue weighted by Gasteiger charge is -2.37. The van der Waals surface area contributed by atoms with Crippen LogP contribution in [0.1, 0.15) is 76.2 Å². The van der Waals surface area contributed by atoms with Crippen LogP contribution in [0.15, 0.2) is 17.7 Å². The molecular formula is C21H30O4. The predicted molar refractivity (Wildman–Crippen MR) is 99.6 cm³/mol. The molecule has 0 spiro atoms. The van der Waals surface area contributed by atoms with Gasteiger partial charge in [0.15, 0.2) is 5.78 Å². The highest BCUT2D eigenvalue weighted by Crippen LogP contribution is 2.46. The molecular weight excluding hydrogens is 316 g/mol. The van der Waals surface area contributed by atoms with Crippen molar-refractivity contribution < 1.29 is 19.7 Å². The molecule has 0 fully saturated rings. The van der Waals surface area contributed by atoms with Crippen molar-refractivity contribution in [3.63, 3.8) is 0 Å². The molecule has 0 bridgehead atoms. The number of rotatable bonds is 6. The lowest BCUT2D eigenvalue weighted by Crippen LogP contribution is -2.37. The molecule has 4 heteroatoms. The third-order valence-corrected chi connectivity index (χ3v) is 5.12. The zero-order chi connectivity index (χ0) is 18.8. The van der Waals surface area contributed by atoms with Crippen molar-refractivity contribution in [1.29, 1.82) is 0 Å². The van der Waals surface area contributed by atoms with Gasteiger partial charge in [-0.25, -0.2) is 0 Å². The largest absolute Gasteiger partial charge is 0.507 e. The topological polar surface area (TPSA) is 66.8 Å². The molecule has 0 radical (unpaired) electrons. The van der Waals surface area contributed by atoms with Crippen molar-refractivity contribution in [1.82, 2.24) is 0 Å². The molecule has 2 N–H and O–H groups in total. The van der Waals surface area contributed by atoms with Crippen molar-refractivity contribution in [2.24, 2.45) is 5.92 Å². The summed E-state index contributed by atoms with van der Waals surface area (Å²) < 4.78 is 6.24. The molecule has 4 nitrogen and oxygen atoms in total. The number of carbonyl (C=O) groups is 1. The highest BCUT2D eigenvalue weighted by Gasteiger charge is 2.36. The number of allylic oxidation sites excluding steroid dienone is 2. The van der Waals surface area contributed by atoms with Crippen LogP contribution in [0.25, 0.3) is 0 Å². The van der Waals surface area contributed by atoms with Gasteiger partial charge in [-0.3, -0.25) is 4.79 Å². The molecule has 1 aliphatic heterocycles. The first-order valence-electron chi connectivity index (χ1n) is 9.13. The maximum absolute atomic E-state index is 12.8. The fraction of sp³-hybridized carbons (Fsp3) is 0.571. The number of aromatic hydroxyl groups is 2. The number of phenols is 2. The summed E-state index contributed by atoms with van der Waals surface area (Å²) in [7, 11) is 0. The van der Waals surface area contributed by atoms with Crippen LogP contribution in [0.4, 0.5) is 0 Å². The van der Waals surface area contributed by atoms with Gasteiger partial charge in [-0.15, -0.1) is 0 Å². The van der Waals surface area contributed by atoms with E-state index in [0.717, 1.165) is 19.3 Å². The maximum atomic E-state index is 12.8. The van der Waals surface area contributed by atoms with Crippen LogP contribution in [-0.2, 0) is 6.42 Å². The summed E-state index contributed by atoms with van der Waals surface area (Å²) in [6, 6.07) is 1.27. The molecule has 2 unspecified atom stereocenters. The Labute approximate surface area is 150 Å². The summed E-state index contributed by atoms with van der Waals surface area (Å²) in [5, 5.41) is 20.5. The highest BCUT2D eigenvalue weighted by molar-refractivity contribution is 6.03. The first-order chi connectivity index (χ1) is 11.7. The highest BCUT2D eigenvalue weighted by atomic mass is 16.5.